The molecule has 2 fully saturated rings. The van der Waals surface area contributed by atoms with Crippen LogP contribution in [0.3, 0.4) is 0 Å². The lowest BCUT2D eigenvalue weighted by molar-refractivity contribution is -0.148. The second-order valence-electron chi connectivity index (χ2n) is 10.5. The molecule has 0 amide bonds. The highest BCUT2D eigenvalue weighted by Gasteiger charge is 2.41. The molecule has 0 spiro atoms. The predicted molar refractivity (Wildman–Crippen MR) is 136 cm³/mol. The zero-order valence-corrected chi connectivity index (χ0v) is 22.1. The molecule has 2 aliphatic rings. The van der Waals surface area contributed by atoms with E-state index in [2.05, 4.69) is 9.26 Å². The molecule has 1 aromatic heterocycles. The van der Waals surface area contributed by atoms with Crippen molar-refractivity contribution in [1.29, 1.82) is 0 Å². The van der Waals surface area contributed by atoms with Crippen LogP contribution in [0.15, 0.2) is 33.0 Å². The molecule has 0 unspecified atom stereocenters. The lowest BCUT2D eigenvalue weighted by Crippen LogP contribution is -2.40. The van der Waals surface area contributed by atoms with Crippen LogP contribution in [0.2, 0.25) is 0 Å². The van der Waals surface area contributed by atoms with Crippen molar-refractivity contribution in [1.82, 2.24) is 4.98 Å². The molecule has 1 saturated carbocycles. The number of ether oxygens (including phenoxy) is 1. The maximum absolute atomic E-state index is 14.2. The molecule has 3 atom stereocenters. The van der Waals surface area contributed by atoms with Gasteiger partial charge in [0.05, 0.1) is 18.7 Å². The van der Waals surface area contributed by atoms with Gasteiger partial charge >= 0.3 is 5.97 Å². The number of oxazole rings is 1. The smallest absolute Gasteiger partial charge is 0.309 e. The first-order chi connectivity index (χ1) is 16.5. The Morgan fingerprint density at radius 2 is 1.86 bits per heavy atom. The van der Waals surface area contributed by atoms with E-state index in [9.17, 15) is 13.4 Å². The molecule has 0 N–H and O–H groups in total. The molecule has 7 nitrogen and oxygen atoms in total. The number of methoxy groups -OCH3 is 1. The minimum Gasteiger partial charge on any atom is -0.469 e. The van der Waals surface area contributed by atoms with Gasteiger partial charge in [-0.3, -0.25) is 4.79 Å². The summed E-state index contributed by atoms with van der Waals surface area (Å²) in [5.74, 6) is 1.09. The van der Waals surface area contributed by atoms with E-state index in [0.717, 1.165) is 11.3 Å². The summed E-state index contributed by atoms with van der Waals surface area (Å²) in [4.78, 5) is 19.6. The molecule has 1 aromatic carbocycles. The summed E-state index contributed by atoms with van der Waals surface area (Å²) in [5.41, 5.74) is 2.29. The molecule has 4 rings (SSSR count). The van der Waals surface area contributed by atoms with Gasteiger partial charge in [0.15, 0.2) is 5.76 Å². The van der Waals surface area contributed by atoms with Crippen LogP contribution < -0.4 is 4.90 Å². The van der Waals surface area contributed by atoms with Crippen molar-refractivity contribution in [3.63, 3.8) is 0 Å². The van der Waals surface area contributed by atoms with Gasteiger partial charge in [-0.2, -0.15) is 0 Å². The van der Waals surface area contributed by atoms with E-state index in [1.54, 1.807) is 7.05 Å². The molecule has 1 saturated heterocycles. The predicted octanol–water partition coefficient (Wildman–Crippen LogP) is 4.95. The molecular formula is C26H36FN3O4S. The molecule has 2 heterocycles. The van der Waals surface area contributed by atoms with E-state index in [4.69, 9.17) is 14.1 Å². The third-order valence-electron chi connectivity index (χ3n) is 7.12. The van der Waals surface area contributed by atoms with Crippen LogP contribution in [-0.4, -0.2) is 60.1 Å². The largest absolute Gasteiger partial charge is 0.469 e. The van der Waals surface area contributed by atoms with E-state index < -0.39 is 27.8 Å². The Morgan fingerprint density at radius 3 is 2.43 bits per heavy atom. The number of hydrogen-bond donors (Lipinski definition) is 0. The molecule has 35 heavy (non-hydrogen) atoms. The van der Waals surface area contributed by atoms with Crippen LogP contribution in [0.1, 0.15) is 57.5 Å². The van der Waals surface area contributed by atoms with Crippen molar-refractivity contribution in [2.24, 2.45) is 10.3 Å². The van der Waals surface area contributed by atoms with Crippen molar-refractivity contribution < 1.29 is 22.5 Å². The topological polar surface area (TPSA) is 85.0 Å². The van der Waals surface area contributed by atoms with Gasteiger partial charge in [-0.15, -0.1) is 0 Å². The minimum atomic E-state index is -2.07. The fourth-order valence-electron chi connectivity index (χ4n) is 4.95. The number of aromatic nitrogens is 1. The maximum atomic E-state index is 14.2. The number of carbonyl (C=O) groups is 1. The third-order valence-corrected chi connectivity index (χ3v) is 9.43. The van der Waals surface area contributed by atoms with E-state index in [1.165, 1.54) is 7.11 Å². The van der Waals surface area contributed by atoms with Crippen molar-refractivity contribution >= 4 is 21.4 Å². The summed E-state index contributed by atoms with van der Waals surface area (Å²) in [5, 5.41) is 0. The Kier molecular flexibility index (Phi) is 7.27. The average molecular weight is 506 g/mol. The Labute approximate surface area is 207 Å². The van der Waals surface area contributed by atoms with Crippen molar-refractivity contribution in [2.75, 3.05) is 43.7 Å². The molecule has 192 valence electrons. The SMILES string of the molecule is CN=S1(=O)CCN(c2ccc(-c3oc(C(C)(C)C)nc3[C@@H]3CC[C@H](F)C[C@H]3C(=O)OC)cc2)CC1. The van der Waals surface area contributed by atoms with Crippen LogP contribution in [0.4, 0.5) is 10.1 Å². The Bertz CT molecular complexity index is 1160. The standard InChI is InChI=1S/C26H36FN3O4S/c1-26(2,3)25-29-22(20-11-8-18(27)16-21(20)24(31)33-5)23(34-25)17-6-9-19(10-7-17)30-12-14-35(32,28-4)15-13-30/h6-7,9-10,18,20-21H,8,11-16H2,1-5H3/t18-,20+,21+/m0/s1. The van der Waals surface area contributed by atoms with E-state index >= 15 is 0 Å². The lowest BCUT2D eigenvalue weighted by atomic mass is 9.76. The number of esters is 1. The lowest BCUT2D eigenvalue weighted by Gasteiger charge is -2.31. The molecule has 1 aliphatic heterocycles. The minimum absolute atomic E-state index is 0.135. The van der Waals surface area contributed by atoms with Gasteiger partial charge in [-0.1, -0.05) is 20.8 Å². The Hall–Kier alpha value is -2.42. The van der Waals surface area contributed by atoms with Crippen LogP contribution in [0, 0.1) is 5.92 Å². The average Bonchev–Trinajstić information content (AvgIpc) is 3.30. The molecule has 0 bridgehead atoms. The normalized spacial score (nSPS) is 24.7. The first kappa shape index (κ1) is 25.7. The number of alkyl halides is 1. The van der Waals surface area contributed by atoms with Crippen LogP contribution in [-0.2, 0) is 24.7 Å². The fourth-order valence-corrected chi connectivity index (χ4v) is 6.53. The Balaban J connectivity index is 1.67. The van der Waals surface area contributed by atoms with Crippen LogP contribution in [0.5, 0.6) is 0 Å². The second kappa shape index (κ2) is 9.91. The summed E-state index contributed by atoms with van der Waals surface area (Å²) < 4.78 is 42.2. The monoisotopic (exact) mass is 505 g/mol. The third kappa shape index (κ3) is 5.39. The van der Waals surface area contributed by atoms with Gasteiger partial charge < -0.3 is 14.1 Å². The molecular weight excluding hydrogens is 469 g/mol. The molecule has 2 aromatic rings. The zero-order valence-electron chi connectivity index (χ0n) is 21.3. The van der Waals surface area contributed by atoms with Gasteiger partial charge in [0.2, 0.25) is 5.89 Å². The number of rotatable bonds is 4. The van der Waals surface area contributed by atoms with Crippen molar-refractivity contribution in [3.8, 4) is 11.3 Å². The van der Waals surface area contributed by atoms with Gasteiger partial charge in [0, 0.05) is 64.0 Å². The summed E-state index contributed by atoms with van der Waals surface area (Å²) in [6, 6.07) is 8.06. The number of hydrogen-bond acceptors (Lipinski definition) is 7. The first-order valence-corrected chi connectivity index (χ1v) is 14.1. The first-order valence-electron chi connectivity index (χ1n) is 12.2. The quantitative estimate of drug-likeness (QED) is 0.547. The summed E-state index contributed by atoms with van der Waals surface area (Å²) in [6.07, 6.45) is 0.0100. The number of carbonyl (C=O) groups excluding carboxylic acids is 1. The van der Waals surface area contributed by atoms with E-state index in [1.807, 2.05) is 45.0 Å². The van der Waals surface area contributed by atoms with Crippen molar-refractivity contribution in [2.45, 2.75) is 57.5 Å². The number of anilines is 1. The van der Waals surface area contributed by atoms with E-state index in [-0.39, 0.29) is 17.8 Å². The number of halogens is 1. The molecule has 9 heteroatoms. The highest BCUT2D eigenvalue weighted by molar-refractivity contribution is 7.93. The van der Waals surface area contributed by atoms with Crippen molar-refractivity contribution in [3.05, 3.63) is 35.9 Å². The fraction of sp³-hybridized carbons (Fsp3) is 0.615. The van der Waals surface area contributed by atoms with Gasteiger partial charge in [-0.25, -0.2) is 17.9 Å². The summed E-state index contributed by atoms with van der Waals surface area (Å²) >= 11 is 0. The number of nitrogens with zero attached hydrogens (tertiary/aromatic N) is 3. The number of benzene rings is 1. The van der Waals surface area contributed by atoms with Gasteiger partial charge in [-0.05, 0) is 43.5 Å². The zero-order chi connectivity index (χ0) is 25.4. The van der Waals surface area contributed by atoms with Crippen LogP contribution >= 0.6 is 0 Å². The summed E-state index contributed by atoms with van der Waals surface area (Å²) in [7, 11) is 0.910. The van der Waals surface area contributed by atoms with E-state index in [0.29, 0.717) is 54.8 Å². The highest BCUT2D eigenvalue weighted by Crippen LogP contribution is 2.44. The molecule has 1 aliphatic carbocycles. The second-order valence-corrected chi connectivity index (χ2v) is 13.3. The molecule has 0 radical (unpaired) electrons. The van der Waals surface area contributed by atoms with Crippen LogP contribution in [0.25, 0.3) is 11.3 Å². The summed E-state index contributed by atoms with van der Waals surface area (Å²) in [6.45, 7) is 7.49. The Morgan fingerprint density at radius 1 is 1.20 bits per heavy atom. The maximum Gasteiger partial charge on any atom is 0.309 e. The van der Waals surface area contributed by atoms with Gasteiger partial charge in [0.25, 0.3) is 0 Å². The van der Waals surface area contributed by atoms with Gasteiger partial charge in [0.1, 0.15) is 6.17 Å². The highest BCUT2D eigenvalue weighted by atomic mass is 32.2.